The number of hydrogen-bond donors (Lipinski definition) is 1. The van der Waals surface area contributed by atoms with E-state index in [0.29, 0.717) is 35.5 Å². The molecule has 0 aliphatic carbocycles. The number of ether oxygens (including phenoxy) is 3. The zero-order valence-corrected chi connectivity index (χ0v) is 21.5. The van der Waals surface area contributed by atoms with E-state index >= 15 is 0 Å². The van der Waals surface area contributed by atoms with E-state index in [0.717, 1.165) is 17.0 Å². The number of ketones is 1. The second-order valence-corrected chi connectivity index (χ2v) is 8.59. The molecule has 0 saturated carbocycles. The molecule has 4 rings (SSSR count). The molecule has 0 radical (unpaired) electrons. The molecule has 1 aliphatic heterocycles. The van der Waals surface area contributed by atoms with Crippen molar-refractivity contribution in [1.82, 2.24) is 0 Å². The first-order valence-corrected chi connectivity index (χ1v) is 12.1. The standard InChI is InChI=1S/C28H24ClF2NO6/c1-4-37-17-8-9-19(29)18(14-17)26(33)24-25(15-6-11-22(36-3)23(12-15)38-5-2)32(28(35)27(24)34)21-10-7-16(30)13-20(21)31/h6-14,25,33H,4-5H2,1-3H3/b26-24+. The van der Waals surface area contributed by atoms with Crippen LogP contribution in [-0.4, -0.2) is 37.1 Å². The molecule has 1 amide bonds. The molecule has 1 N–H and O–H groups in total. The van der Waals surface area contributed by atoms with Crippen LogP contribution in [0.5, 0.6) is 17.2 Å². The lowest BCUT2D eigenvalue weighted by Gasteiger charge is -2.26. The zero-order chi connectivity index (χ0) is 27.6. The minimum Gasteiger partial charge on any atom is -0.507 e. The number of nitrogens with zero attached hydrogens (tertiary/aromatic N) is 1. The number of halogens is 3. The molecular weight excluding hydrogens is 520 g/mol. The van der Waals surface area contributed by atoms with E-state index in [9.17, 15) is 23.5 Å². The summed E-state index contributed by atoms with van der Waals surface area (Å²) in [5.41, 5.74) is -0.350. The Hall–Kier alpha value is -4.11. The van der Waals surface area contributed by atoms with Crippen LogP contribution in [0.4, 0.5) is 14.5 Å². The molecule has 38 heavy (non-hydrogen) atoms. The van der Waals surface area contributed by atoms with Crippen LogP contribution in [0, 0.1) is 11.6 Å². The highest BCUT2D eigenvalue weighted by molar-refractivity contribution is 6.52. The van der Waals surface area contributed by atoms with Crippen LogP contribution in [-0.2, 0) is 9.59 Å². The fourth-order valence-electron chi connectivity index (χ4n) is 4.29. The van der Waals surface area contributed by atoms with Crippen LogP contribution in [0.15, 0.2) is 60.2 Å². The van der Waals surface area contributed by atoms with Crippen molar-refractivity contribution in [3.63, 3.8) is 0 Å². The minimum absolute atomic E-state index is 0.0405. The summed E-state index contributed by atoms with van der Waals surface area (Å²) >= 11 is 6.35. The first kappa shape index (κ1) is 26.9. The Balaban J connectivity index is 2.00. The van der Waals surface area contributed by atoms with Crippen molar-refractivity contribution in [2.75, 3.05) is 25.2 Å². The number of carbonyl (C=O) groups excluding carboxylic acids is 2. The third-order valence-electron chi connectivity index (χ3n) is 5.92. The molecule has 1 unspecified atom stereocenters. The molecule has 3 aromatic carbocycles. The fraction of sp³-hybridized carbons (Fsp3) is 0.214. The second kappa shape index (κ2) is 11.1. The molecule has 1 atom stereocenters. The van der Waals surface area contributed by atoms with Crippen molar-refractivity contribution in [2.45, 2.75) is 19.9 Å². The van der Waals surface area contributed by atoms with Gasteiger partial charge in [0.25, 0.3) is 11.7 Å². The van der Waals surface area contributed by atoms with Crippen molar-refractivity contribution in [3.05, 3.63) is 88.0 Å². The van der Waals surface area contributed by atoms with Gasteiger partial charge in [-0.25, -0.2) is 8.78 Å². The molecule has 0 bridgehead atoms. The number of methoxy groups -OCH3 is 1. The smallest absolute Gasteiger partial charge is 0.300 e. The zero-order valence-electron chi connectivity index (χ0n) is 20.8. The summed E-state index contributed by atoms with van der Waals surface area (Å²) in [5, 5.41) is 11.5. The Morgan fingerprint density at radius 2 is 1.71 bits per heavy atom. The lowest BCUT2D eigenvalue weighted by Crippen LogP contribution is -2.30. The highest BCUT2D eigenvalue weighted by Crippen LogP contribution is 2.45. The van der Waals surface area contributed by atoms with Gasteiger partial charge in [0.1, 0.15) is 23.1 Å². The van der Waals surface area contributed by atoms with Gasteiger partial charge in [-0.05, 0) is 61.9 Å². The molecule has 1 heterocycles. The largest absolute Gasteiger partial charge is 0.507 e. The Bertz CT molecular complexity index is 1440. The highest BCUT2D eigenvalue weighted by Gasteiger charge is 2.48. The lowest BCUT2D eigenvalue weighted by molar-refractivity contribution is -0.132. The Kier molecular flexibility index (Phi) is 7.87. The number of aliphatic hydroxyl groups excluding tert-OH is 1. The van der Waals surface area contributed by atoms with Crippen LogP contribution >= 0.6 is 11.6 Å². The molecule has 0 aromatic heterocycles. The van der Waals surface area contributed by atoms with E-state index in [-0.39, 0.29) is 28.5 Å². The fourth-order valence-corrected chi connectivity index (χ4v) is 4.50. The number of Topliss-reactive ketones (excluding diaryl/α,β-unsaturated/α-hetero) is 1. The van der Waals surface area contributed by atoms with Crippen LogP contribution in [0.1, 0.15) is 31.0 Å². The van der Waals surface area contributed by atoms with Crippen molar-refractivity contribution in [1.29, 1.82) is 0 Å². The maximum atomic E-state index is 15.0. The Labute approximate surface area is 222 Å². The minimum atomic E-state index is -1.31. The maximum absolute atomic E-state index is 15.0. The third-order valence-corrected chi connectivity index (χ3v) is 6.25. The summed E-state index contributed by atoms with van der Waals surface area (Å²) in [6.45, 7) is 4.16. The number of carbonyl (C=O) groups is 2. The van der Waals surface area contributed by atoms with Gasteiger partial charge in [0, 0.05) is 11.6 Å². The van der Waals surface area contributed by atoms with Crippen molar-refractivity contribution >= 4 is 34.7 Å². The van der Waals surface area contributed by atoms with Gasteiger partial charge in [0.15, 0.2) is 11.5 Å². The van der Waals surface area contributed by atoms with E-state index in [1.165, 1.54) is 25.3 Å². The monoisotopic (exact) mass is 543 g/mol. The summed E-state index contributed by atoms with van der Waals surface area (Å²) in [6.07, 6.45) is 0. The highest BCUT2D eigenvalue weighted by atomic mass is 35.5. The van der Waals surface area contributed by atoms with Crippen molar-refractivity contribution in [2.24, 2.45) is 0 Å². The van der Waals surface area contributed by atoms with Crippen molar-refractivity contribution in [3.8, 4) is 17.2 Å². The number of anilines is 1. The van der Waals surface area contributed by atoms with Crippen LogP contribution in [0.3, 0.4) is 0 Å². The number of rotatable bonds is 8. The van der Waals surface area contributed by atoms with Crippen molar-refractivity contribution < 1.29 is 37.7 Å². The van der Waals surface area contributed by atoms with Crippen LogP contribution in [0.25, 0.3) is 5.76 Å². The molecule has 10 heteroatoms. The number of amides is 1. The van der Waals surface area contributed by atoms with Gasteiger partial charge in [0.2, 0.25) is 0 Å². The normalized spacial score (nSPS) is 16.6. The predicted octanol–water partition coefficient (Wildman–Crippen LogP) is 6.05. The topological polar surface area (TPSA) is 85.3 Å². The SMILES string of the molecule is CCOc1ccc(Cl)c(/C(O)=C2\C(=O)C(=O)N(c3ccc(F)cc3F)C2c2ccc(OC)c(OCC)c2)c1. The number of hydrogen-bond acceptors (Lipinski definition) is 6. The van der Waals surface area contributed by atoms with E-state index in [1.807, 2.05) is 0 Å². The summed E-state index contributed by atoms with van der Waals surface area (Å²) in [6, 6.07) is 10.5. The van der Waals surface area contributed by atoms with Gasteiger partial charge < -0.3 is 19.3 Å². The molecule has 7 nitrogen and oxygen atoms in total. The van der Waals surface area contributed by atoms with Gasteiger partial charge in [-0.2, -0.15) is 0 Å². The average molecular weight is 544 g/mol. The molecule has 0 spiro atoms. The molecule has 1 aliphatic rings. The maximum Gasteiger partial charge on any atom is 0.300 e. The average Bonchev–Trinajstić information content (AvgIpc) is 3.15. The van der Waals surface area contributed by atoms with Gasteiger partial charge >= 0.3 is 0 Å². The van der Waals surface area contributed by atoms with E-state index in [1.54, 1.807) is 32.0 Å². The second-order valence-electron chi connectivity index (χ2n) is 8.18. The van der Waals surface area contributed by atoms with E-state index in [4.69, 9.17) is 25.8 Å². The molecule has 1 saturated heterocycles. The van der Waals surface area contributed by atoms with E-state index < -0.39 is 35.1 Å². The summed E-state index contributed by atoms with van der Waals surface area (Å²) < 4.78 is 45.1. The van der Waals surface area contributed by atoms with E-state index in [2.05, 4.69) is 0 Å². The number of aliphatic hydroxyl groups is 1. The predicted molar refractivity (Wildman–Crippen MR) is 138 cm³/mol. The molecule has 3 aromatic rings. The summed E-state index contributed by atoms with van der Waals surface area (Å²) in [4.78, 5) is 27.6. The Morgan fingerprint density at radius 1 is 0.974 bits per heavy atom. The molecular formula is C28H24ClF2NO6. The first-order chi connectivity index (χ1) is 18.2. The van der Waals surface area contributed by atoms with Crippen LogP contribution in [0.2, 0.25) is 5.02 Å². The van der Waals surface area contributed by atoms with Gasteiger partial charge in [0.05, 0.1) is 42.6 Å². The quantitative estimate of drug-likeness (QED) is 0.211. The third kappa shape index (κ3) is 4.89. The first-order valence-electron chi connectivity index (χ1n) is 11.7. The number of benzene rings is 3. The van der Waals surface area contributed by atoms with Gasteiger partial charge in [-0.15, -0.1) is 0 Å². The van der Waals surface area contributed by atoms with Gasteiger partial charge in [-0.1, -0.05) is 17.7 Å². The van der Waals surface area contributed by atoms with Gasteiger partial charge in [-0.3, -0.25) is 14.5 Å². The molecule has 198 valence electrons. The summed E-state index contributed by atoms with van der Waals surface area (Å²) in [5.74, 6) is -3.65. The van der Waals surface area contributed by atoms with Crippen LogP contribution < -0.4 is 19.1 Å². The summed E-state index contributed by atoms with van der Waals surface area (Å²) in [7, 11) is 1.45. The lowest BCUT2D eigenvalue weighted by atomic mass is 9.94. The Morgan fingerprint density at radius 3 is 2.37 bits per heavy atom. The molecule has 1 fully saturated rings.